The third-order valence-electron chi connectivity index (χ3n) is 2.77. The monoisotopic (exact) mass is 315 g/mol. The molecule has 3 nitrogen and oxygen atoms in total. The molecule has 1 aliphatic heterocycles. The van der Waals surface area contributed by atoms with Crippen molar-refractivity contribution in [3.05, 3.63) is 16.5 Å². The quantitative estimate of drug-likeness (QED) is 0.801. The van der Waals surface area contributed by atoms with Gasteiger partial charge in [0, 0.05) is 36.6 Å². The van der Waals surface area contributed by atoms with E-state index < -0.39 is 0 Å². The molecule has 1 saturated heterocycles. The fraction of sp³-hybridized carbons (Fsp3) is 0.667. The number of anilines is 1. The van der Waals surface area contributed by atoms with Crippen molar-refractivity contribution in [1.29, 1.82) is 0 Å². The average Bonchev–Trinajstić information content (AvgIpc) is 2.28. The second-order valence-corrected chi connectivity index (χ2v) is 6.70. The minimum atomic E-state index is 0.687. The highest BCUT2D eigenvalue weighted by Crippen LogP contribution is 2.24. The van der Waals surface area contributed by atoms with Crippen molar-refractivity contribution < 1.29 is 0 Å². The van der Waals surface area contributed by atoms with Gasteiger partial charge in [-0.15, -0.1) is 0 Å². The highest BCUT2D eigenvalue weighted by Gasteiger charge is 2.18. The van der Waals surface area contributed by atoms with E-state index in [9.17, 15) is 0 Å². The van der Waals surface area contributed by atoms with E-state index in [2.05, 4.69) is 44.6 Å². The number of nitrogens with zero attached hydrogens (tertiary/aromatic N) is 3. The molecule has 2 heterocycles. The maximum absolute atomic E-state index is 4.66. The number of hydrogen-bond donors (Lipinski definition) is 0. The summed E-state index contributed by atoms with van der Waals surface area (Å²) in [7, 11) is 0. The first-order chi connectivity index (χ1) is 8.19. The Kier molecular flexibility index (Phi) is 4.68. The zero-order valence-corrected chi connectivity index (χ0v) is 12.7. The van der Waals surface area contributed by atoms with E-state index in [4.69, 9.17) is 0 Å². The van der Waals surface area contributed by atoms with Crippen molar-refractivity contribution in [3.63, 3.8) is 0 Å². The van der Waals surface area contributed by atoms with Gasteiger partial charge in [-0.25, -0.2) is 9.97 Å². The fourth-order valence-electron chi connectivity index (χ4n) is 1.98. The molecule has 5 heteroatoms. The van der Waals surface area contributed by atoms with Gasteiger partial charge in [-0.05, 0) is 22.4 Å². The van der Waals surface area contributed by atoms with E-state index in [1.54, 1.807) is 0 Å². The molecule has 1 atom stereocenters. The first-order valence-electron chi connectivity index (χ1n) is 6.09. The van der Waals surface area contributed by atoms with Crippen LogP contribution in [0.3, 0.4) is 0 Å². The second-order valence-electron chi connectivity index (χ2n) is 4.34. The summed E-state index contributed by atoms with van der Waals surface area (Å²) in [5, 5.41) is 0.687. The Hall–Kier alpha value is -0.290. The number of thioether (sulfide) groups is 1. The molecule has 0 bridgehead atoms. The van der Waals surface area contributed by atoms with Crippen LogP contribution in [-0.4, -0.2) is 34.1 Å². The van der Waals surface area contributed by atoms with Crippen LogP contribution in [0.5, 0.6) is 0 Å². The average molecular weight is 316 g/mol. The van der Waals surface area contributed by atoms with Crippen LogP contribution < -0.4 is 4.90 Å². The Morgan fingerprint density at radius 2 is 2.35 bits per heavy atom. The predicted octanol–water partition coefficient (Wildman–Crippen LogP) is 3.13. The van der Waals surface area contributed by atoms with E-state index in [0.717, 1.165) is 42.2 Å². The zero-order chi connectivity index (χ0) is 12.3. The molecule has 0 aliphatic carbocycles. The van der Waals surface area contributed by atoms with Crippen LogP contribution in [0.15, 0.2) is 10.7 Å². The normalized spacial score (nSPS) is 20.6. The van der Waals surface area contributed by atoms with Crippen LogP contribution in [0.1, 0.15) is 26.1 Å². The van der Waals surface area contributed by atoms with Crippen LogP contribution in [-0.2, 0) is 6.42 Å². The zero-order valence-electron chi connectivity index (χ0n) is 10.3. The molecular weight excluding hydrogens is 298 g/mol. The van der Waals surface area contributed by atoms with Gasteiger partial charge in [-0.1, -0.05) is 13.8 Å². The molecule has 1 unspecified atom stereocenters. The van der Waals surface area contributed by atoms with Gasteiger partial charge in [0.2, 0.25) is 0 Å². The minimum Gasteiger partial charge on any atom is -0.355 e. The first-order valence-corrected chi connectivity index (χ1v) is 7.93. The topological polar surface area (TPSA) is 29.0 Å². The third kappa shape index (κ3) is 3.58. The van der Waals surface area contributed by atoms with Gasteiger partial charge in [0.25, 0.3) is 0 Å². The molecule has 2 rings (SSSR count). The second kappa shape index (κ2) is 6.05. The maximum Gasteiger partial charge on any atom is 0.133 e. The third-order valence-corrected chi connectivity index (χ3v) is 4.31. The molecule has 0 spiro atoms. The summed E-state index contributed by atoms with van der Waals surface area (Å²) in [6.45, 7) is 6.60. The lowest BCUT2D eigenvalue weighted by Crippen LogP contribution is -2.37. The molecule has 94 valence electrons. The van der Waals surface area contributed by atoms with Crippen molar-refractivity contribution in [1.82, 2.24) is 9.97 Å². The van der Waals surface area contributed by atoms with Crippen LogP contribution in [0.2, 0.25) is 0 Å². The Bertz CT molecular complexity index is 386. The van der Waals surface area contributed by atoms with Gasteiger partial charge in [0.15, 0.2) is 0 Å². The highest BCUT2D eigenvalue weighted by atomic mass is 79.9. The van der Waals surface area contributed by atoms with E-state index in [0.29, 0.717) is 5.25 Å². The first kappa shape index (κ1) is 13.1. The van der Waals surface area contributed by atoms with Gasteiger partial charge in [0.05, 0.1) is 0 Å². The van der Waals surface area contributed by atoms with Crippen LogP contribution in [0.4, 0.5) is 5.82 Å². The summed E-state index contributed by atoms with van der Waals surface area (Å²) in [4.78, 5) is 11.4. The number of hydrogen-bond acceptors (Lipinski definition) is 4. The smallest absolute Gasteiger partial charge is 0.133 e. The molecule has 1 aromatic heterocycles. The molecule has 1 aromatic rings. The van der Waals surface area contributed by atoms with Crippen LogP contribution in [0, 0.1) is 0 Å². The lowest BCUT2D eigenvalue weighted by atomic mass is 10.3. The Labute approximate surface area is 116 Å². The van der Waals surface area contributed by atoms with Gasteiger partial charge in [-0.3, -0.25) is 0 Å². The molecule has 0 saturated carbocycles. The molecule has 1 aliphatic rings. The lowest BCUT2D eigenvalue weighted by Gasteiger charge is -2.31. The summed E-state index contributed by atoms with van der Waals surface area (Å²) in [5.74, 6) is 3.21. The molecule has 0 radical (unpaired) electrons. The Morgan fingerprint density at radius 1 is 1.53 bits per heavy atom. The van der Waals surface area contributed by atoms with Crippen molar-refractivity contribution >= 4 is 33.5 Å². The summed E-state index contributed by atoms with van der Waals surface area (Å²) < 4.78 is 0.900. The summed E-state index contributed by atoms with van der Waals surface area (Å²) in [5.41, 5.74) is 0. The van der Waals surface area contributed by atoms with Gasteiger partial charge in [0.1, 0.15) is 16.2 Å². The van der Waals surface area contributed by atoms with Gasteiger partial charge < -0.3 is 4.90 Å². The van der Waals surface area contributed by atoms with E-state index >= 15 is 0 Å². The Balaban J connectivity index is 2.18. The summed E-state index contributed by atoms with van der Waals surface area (Å²) in [6.07, 6.45) is 2.03. The van der Waals surface area contributed by atoms with E-state index in [1.165, 1.54) is 5.75 Å². The van der Waals surface area contributed by atoms with Crippen LogP contribution >= 0.6 is 27.7 Å². The molecule has 0 N–H and O–H groups in total. The number of aryl methyl sites for hydroxylation is 1. The fourth-order valence-corrected chi connectivity index (χ4v) is 3.40. The van der Waals surface area contributed by atoms with Gasteiger partial charge >= 0.3 is 0 Å². The largest absolute Gasteiger partial charge is 0.355 e. The van der Waals surface area contributed by atoms with Crippen molar-refractivity contribution in [3.8, 4) is 0 Å². The number of aromatic nitrogens is 2. The van der Waals surface area contributed by atoms with Crippen molar-refractivity contribution in [2.75, 3.05) is 23.7 Å². The molecule has 17 heavy (non-hydrogen) atoms. The molecular formula is C12H18BrN3S. The lowest BCUT2D eigenvalue weighted by molar-refractivity contribution is 0.751. The standard InChI is InChI=1S/C12H18BrN3S/c1-3-4-11-14-10(13)7-12(15-11)16-5-6-17-9(2)8-16/h7,9H,3-6,8H2,1-2H3. The van der Waals surface area contributed by atoms with E-state index in [1.807, 2.05) is 17.8 Å². The molecule has 0 aromatic carbocycles. The van der Waals surface area contributed by atoms with Crippen molar-refractivity contribution in [2.24, 2.45) is 0 Å². The number of halogens is 1. The SMILES string of the molecule is CCCc1nc(Br)cc(N2CCSC(C)C2)n1. The summed E-state index contributed by atoms with van der Waals surface area (Å²) >= 11 is 5.52. The van der Waals surface area contributed by atoms with Gasteiger partial charge in [-0.2, -0.15) is 11.8 Å². The Morgan fingerprint density at radius 3 is 3.06 bits per heavy atom. The minimum absolute atomic E-state index is 0.687. The molecule has 1 fully saturated rings. The summed E-state index contributed by atoms with van der Waals surface area (Å²) in [6, 6.07) is 2.03. The maximum atomic E-state index is 4.66. The van der Waals surface area contributed by atoms with Crippen LogP contribution in [0.25, 0.3) is 0 Å². The highest BCUT2D eigenvalue weighted by molar-refractivity contribution is 9.10. The van der Waals surface area contributed by atoms with E-state index in [-0.39, 0.29) is 0 Å². The predicted molar refractivity (Wildman–Crippen MR) is 77.9 cm³/mol. The van der Waals surface area contributed by atoms with Crippen molar-refractivity contribution in [2.45, 2.75) is 31.9 Å². The number of rotatable bonds is 3. The molecule has 0 amide bonds.